The van der Waals surface area contributed by atoms with Crippen LogP contribution in [0.4, 0.5) is 45.5 Å². The number of nitrogens with zero attached hydrogens (tertiary/aromatic N) is 3. The van der Waals surface area contributed by atoms with Crippen LogP contribution >= 0.6 is 0 Å². The summed E-state index contributed by atoms with van der Waals surface area (Å²) >= 11 is 0. The molecule has 4 nitrogen and oxygen atoms in total. The van der Waals surface area contributed by atoms with E-state index < -0.39 is 0 Å². The molecule has 11 aromatic rings. The number of furan rings is 1. The summed E-state index contributed by atoms with van der Waals surface area (Å²) < 4.78 is 6.91. The molecule has 0 spiro atoms. The molecule has 0 saturated heterocycles. The average Bonchev–Trinajstić information content (AvgIpc) is 3.91. The SMILES string of the molecule is CC12CCCCC1(C)N1c3cccc4c3B(c3ccc(N(c5cccc(-c6ccc(-c7ccccc7)c7ccccc67)c5)c5cccc6c5oc5ccccc56)cc3N4c3ccccc3)c3cccc2c31. The minimum Gasteiger partial charge on any atom is -0.454 e. The van der Waals surface area contributed by atoms with E-state index in [2.05, 4.69) is 247 Å². The third kappa shape index (κ3) is 5.63. The zero-order valence-electron chi connectivity index (χ0n) is 39.9. The first-order valence-corrected chi connectivity index (χ1v) is 25.4. The van der Waals surface area contributed by atoms with E-state index in [1.807, 2.05) is 0 Å². The second-order valence-electron chi connectivity index (χ2n) is 20.7. The maximum atomic E-state index is 6.91. The van der Waals surface area contributed by atoms with Gasteiger partial charge in [0.1, 0.15) is 5.58 Å². The third-order valence-electron chi connectivity index (χ3n) is 17.2. The zero-order chi connectivity index (χ0) is 47.0. The van der Waals surface area contributed by atoms with Crippen LogP contribution in [0.1, 0.15) is 45.1 Å². The van der Waals surface area contributed by atoms with Crippen LogP contribution in [-0.2, 0) is 5.41 Å². The highest BCUT2D eigenvalue weighted by Crippen LogP contribution is 2.61. The van der Waals surface area contributed by atoms with E-state index in [0.29, 0.717) is 0 Å². The molecule has 1 fully saturated rings. The van der Waals surface area contributed by atoms with Crippen LogP contribution in [-0.4, -0.2) is 12.3 Å². The Balaban J connectivity index is 0.968. The number of benzene rings is 10. The van der Waals surface area contributed by atoms with Crippen molar-refractivity contribution in [1.82, 2.24) is 0 Å². The lowest BCUT2D eigenvalue weighted by molar-refractivity contribution is 0.195. The third-order valence-corrected chi connectivity index (χ3v) is 17.2. The van der Waals surface area contributed by atoms with E-state index >= 15 is 0 Å². The number of rotatable bonds is 6. The standard InChI is InChI=1S/C66H50BN3O/c1-65-39-13-14-40-66(65,2)70-58-32-18-31-57-62(58)67(56-30-17-29-54(65)63(56)70)55-38-35-47(42-60(55)69(57)45-22-7-4-8-23-45)68(59-33-16-28-53-52-27-11-12-34-61(52)71-64(53)59)46-24-15-21-44(41-46)49-37-36-48(43-19-5-3-6-20-43)50-25-9-10-26-51(49)50/h3-12,15-38,41-42H,13-14,39-40H2,1-2H3. The molecule has 4 heterocycles. The fraction of sp³-hybridized carbons (Fsp3) is 0.121. The Morgan fingerprint density at radius 2 is 1.14 bits per heavy atom. The van der Waals surface area contributed by atoms with Crippen molar-refractivity contribution in [3.05, 3.63) is 224 Å². The first-order valence-electron chi connectivity index (χ1n) is 25.4. The van der Waals surface area contributed by atoms with Gasteiger partial charge in [0.2, 0.25) is 0 Å². The Morgan fingerprint density at radius 1 is 0.493 bits per heavy atom. The molecule has 3 aliphatic heterocycles. The topological polar surface area (TPSA) is 22.9 Å². The molecule has 5 heteroatoms. The molecule has 71 heavy (non-hydrogen) atoms. The van der Waals surface area contributed by atoms with Gasteiger partial charge in [0.05, 0.1) is 11.2 Å². The number of fused-ring (bicyclic) bond motifs is 11. The monoisotopic (exact) mass is 911 g/mol. The number of para-hydroxylation sites is 4. The molecule has 1 aromatic heterocycles. The van der Waals surface area contributed by atoms with Crippen molar-refractivity contribution in [2.75, 3.05) is 14.7 Å². The van der Waals surface area contributed by atoms with Crippen LogP contribution in [0.5, 0.6) is 0 Å². The van der Waals surface area contributed by atoms with E-state index in [1.165, 1.54) is 97.8 Å². The number of hydrogen-bond acceptors (Lipinski definition) is 4. The zero-order valence-corrected chi connectivity index (χ0v) is 39.9. The summed E-state index contributed by atoms with van der Waals surface area (Å²) in [6.07, 6.45) is 4.91. The lowest BCUT2D eigenvalue weighted by Crippen LogP contribution is -2.64. The normalized spacial score (nSPS) is 18.4. The van der Waals surface area contributed by atoms with Gasteiger partial charge >= 0.3 is 0 Å². The van der Waals surface area contributed by atoms with Gasteiger partial charge in [0.25, 0.3) is 6.71 Å². The lowest BCUT2D eigenvalue weighted by atomic mass is 9.33. The fourth-order valence-corrected chi connectivity index (χ4v) is 13.8. The predicted molar refractivity (Wildman–Crippen MR) is 299 cm³/mol. The summed E-state index contributed by atoms with van der Waals surface area (Å²) in [5, 5.41) is 4.67. The average molecular weight is 912 g/mol. The molecule has 0 radical (unpaired) electrons. The van der Waals surface area contributed by atoms with Crippen molar-refractivity contribution in [3.8, 4) is 22.3 Å². The summed E-state index contributed by atoms with van der Waals surface area (Å²) in [5.74, 6) is 0. The molecule has 0 amide bonds. The molecular weight excluding hydrogens is 862 g/mol. The van der Waals surface area contributed by atoms with Gasteiger partial charge < -0.3 is 19.1 Å². The Hall–Kier alpha value is -8.28. The molecule has 10 aromatic carbocycles. The molecule has 0 bridgehead atoms. The molecule has 0 N–H and O–H groups in total. The minimum atomic E-state index is -0.0194. The first kappa shape index (κ1) is 40.6. The van der Waals surface area contributed by atoms with E-state index in [4.69, 9.17) is 4.42 Å². The van der Waals surface area contributed by atoms with Crippen LogP contribution in [0, 0.1) is 0 Å². The molecule has 338 valence electrons. The van der Waals surface area contributed by atoms with Gasteiger partial charge in [-0.1, -0.05) is 177 Å². The van der Waals surface area contributed by atoms with E-state index in [0.717, 1.165) is 50.3 Å². The molecular formula is C66H50BN3O. The number of hydrogen-bond donors (Lipinski definition) is 0. The Morgan fingerprint density at radius 3 is 1.97 bits per heavy atom. The summed E-state index contributed by atoms with van der Waals surface area (Å²) in [6.45, 7) is 5.18. The fourth-order valence-electron chi connectivity index (χ4n) is 13.8. The molecule has 15 rings (SSSR count). The Bertz CT molecular complexity index is 3980. The van der Waals surface area contributed by atoms with E-state index in [1.54, 1.807) is 0 Å². The number of anilines is 8. The van der Waals surface area contributed by atoms with Crippen LogP contribution < -0.4 is 31.1 Å². The summed E-state index contributed by atoms with van der Waals surface area (Å²) in [6, 6.07) is 80.9. The predicted octanol–water partition coefficient (Wildman–Crippen LogP) is 15.9. The Labute approximate surface area is 415 Å². The van der Waals surface area contributed by atoms with E-state index in [9.17, 15) is 0 Å². The van der Waals surface area contributed by atoms with Gasteiger partial charge in [-0.15, -0.1) is 0 Å². The Kier molecular flexibility index (Phi) is 8.64. The smallest absolute Gasteiger partial charge is 0.252 e. The van der Waals surface area contributed by atoms with Gasteiger partial charge in [0, 0.05) is 56.0 Å². The van der Waals surface area contributed by atoms with Crippen molar-refractivity contribution < 1.29 is 4.42 Å². The maximum absolute atomic E-state index is 6.91. The van der Waals surface area contributed by atoms with Crippen LogP contribution in [0.25, 0.3) is 55.0 Å². The highest BCUT2D eigenvalue weighted by molar-refractivity contribution is 7.00. The second-order valence-corrected chi connectivity index (χ2v) is 20.7. The maximum Gasteiger partial charge on any atom is 0.252 e. The summed E-state index contributed by atoms with van der Waals surface area (Å²) in [4.78, 5) is 7.77. The van der Waals surface area contributed by atoms with E-state index in [-0.39, 0.29) is 17.7 Å². The van der Waals surface area contributed by atoms with Gasteiger partial charge in [-0.25, -0.2) is 0 Å². The van der Waals surface area contributed by atoms with Gasteiger partial charge in [0.15, 0.2) is 5.58 Å². The van der Waals surface area contributed by atoms with Crippen LogP contribution in [0.2, 0.25) is 0 Å². The van der Waals surface area contributed by atoms with Crippen molar-refractivity contribution in [3.63, 3.8) is 0 Å². The molecule has 2 atom stereocenters. The summed E-state index contributed by atoms with van der Waals surface area (Å²) in [7, 11) is 0. The van der Waals surface area contributed by atoms with Crippen molar-refractivity contribution in [2.45, 2.75) is 50.5 Å². The lowest BCUT2D eigenvalue weighted by Gasteiger charge is -2.52. The molecule has 1 aliphatic carbocycles. The molecule has 2 unspecified atom stereocenters. The quantitative estimate of drug-likeness (QED) is 0.155. The van der Waals surface area contributed by atoms with Crippen LogP contribution in [0.15, 0.2) is 223 Å². The highest BCUT2D eigenvalue weighted by Gasteiger charge is 2.61. The molecule has 1 saturated carbocycles. The van der Waals surface area contributed by atoms with Crippen molar-refractivity contribution in [2.24, 2.45) is 0 Å². The van der Waals surface area contributed by atoms with Crippen molar-refractivity contribution in [1.29, 1.82) is 0 Å². The second kappa shape index (κ2) is 15.1. The van der Waals surface area contributed by atoms with Gasteiger partial charge in [-0.05, 0) is 135 Å². The highest BCUT2D eigenvalue weighted by atomic mass is 16.3. The van der Waals surface area contributed by atoms with Gasteiger partial charge in [-0.3, -0.25) is 0 Å². The largest absolute Gasteiger partial charge is 0.454 e. The van der Waals surface area contributed by atoms with Crippen molar-refractivity contribution >= 4 is 101 Å². The first-order chi connectivity index (χ1) is 35.0. The van der Waals surface area contributed by atoms with Crippen LogP contribution in [0.3, 0.4) is 0 Å². The summed E-state index contributed by atoms with van der Waals surface area (Å²) in [5.41, 5.74) is 21.7. The molecule has 4 aliphatic rings. The minimum absolute atomic E-state index is 0.0194. The van der Waals surface area contributed by atoms with Gasteiger partial charge in [-0.2, -0.15) is 0 Å².